The van der Waals surface area contributed by atoms with Gasteiger partial charge in [0.15, 0.2) is 0 Å². The molecule has 1 aliphatic carbocycles. The van der Waals surface area contributed by atoms with Crippen molar-refractivity contribution >= 4 is 11.8 Å². The summed E-state index contributed by atoms with van der Waals surface area (Å²) in [6.07, 6.45) is -0.682. The van der Waals surface area contributed by atoms with Crippen LogP contribution in [0.4, 0.5) is 5.82 Å². The molecule has 0 amide bonds. The maximum absolute atomic E-state index is 11.9. The molecule has 2 aliphatic rings. The number of aliphatic hydroxyl groups excluding tert-OH is 2. The van der Waals surface area contributed by atoms with Gasteiger partial charge in [-0.25, -0.2) is 9.78 Å². The standard InChI is InChI=1S/C25H24N2O4/c28-14-19-22(17-9-5-2-6-10-17)25(19)15-27(13-21(25)29)23-18(24(30)31)11-12-20(26-23)16-7-3-1-4-8-16/h1-12,19,21-22,28-29H,13-15H2,(H,30,31)/t19-,21-,22-,25-/m1/s1. The van der Waals surface area contributed by atoms with E-state index < -0.39 is 17.5 Å². The third-order valence-corrected chi connectivity index (χ3v) is 6.87. The van der Waals surface area contributed by atoms with Crippen molar-refractivity contribution in [2.45, 2.75) is 12.0 Å². The summed E-state index contributed by atoms with van der Waals surface area (Å²) in [5, 5.41) is 30.9. The van der Waals surface area contributed by atoms with Crippen LogP contribution in [0.1, 0.15) is 21.8 Å². The molecule has 0 radical (unpaired) electrons. The Morgan fingerprint density at radius 3 is 2.35 bits per heavy atom. The van der Waals surface area contributed by atoms with Gasteiger partial charge >= 0.3 is 5.97 Å². The van der Waals surface area contributed by atoms with Crippen LogP contribution in [0.25, 0.3) is 11.3 Å². The minimum atomic E-state index is -1.05. The van der Waals surface area contributed by atoms with Crippen LogP contribution in [0.15, 0.2) is 72.8 Å². The highest BCUT2D eigenvalue weighted by molar-refractivity contribution is 5.94. The number of hydrogen-bond acceptors (Lipinski definition) is 5. The van der Waals surface area contributed by atoms with Crippen LogP contribution in [0.2, 0.25) is 0 Å². The maximum atomic E-state index is 11.9. The molecule has 2 heterocycles. The third kappa shape index (κ3) is 3.10. The lowest BCUT2D eigenvalue weighted by Gasteiger charge is -2.20. The largest absolute Gasteiger partial charge is 0.478 e. The molecule has 4 atom stereocenters. The van der Waals surface area contributed by atoms with Crippen molar-refractivity contribution in [1.82, 2.24) is 4.98 Å². The normalized spacial score (nSPS) is 26.9. The molecule has 2 fully saturated rings. The molecule has 0 bridgehead atoms. The van der Waals surface area contributed by atoms with Gasteiger partial charge in [0, 0.05) is 30.7 Å². The number of carboxylic acid groups (broad SMARTS) is 1. The molecule has 3 aromatic rings. The molecule has 31 heavy (non-hydrogen) atoms. The molecule has 1 aromatic heterocycles. The van der Waals surface area contributed by atoms with Gasteiger partial charge < -0.3 is 20.2 Å². The van der Waals surface area contributed by atoms with Gasteiger partial charge in [-0.15, -0.1) is 0 Å². The van der Waals surface area contributed by atoms with E-state index in [9.17, 15) is 20.1 Å². The molecule has 0 unspecified atom stereocenters. The SMILES string of the molecule is O=C(O)c1ccc(-c2ccccc2)nc1N1C[C@@H](O)[C@@]2(C1)[C@H](CO)[C@H]2c1ccccc1. The second kappa shape index (κ2) is 7.48. The highest BCUT2D eigenvalue weighted by Gasteiger charge is 2.71. The minimum absolute atomic E-state index is 0.0201. The summed E-state index contributed by atoms with van der Waals surface area (Å²) in [6.45, 7) is 0.712. The van der Waals surface area contributed by atoms with Crippen LogP contribution in [0.5, 0.6) is 0 Å². The number of carbonyl (C=O) groups is 1. The third-order valence-electron chi connectivity index (χ3n) is 6.87. The number of β-amino-alcohol motifs (C(OH)–C–C–N with tert-alkyl or cyclic N) is 1. The lowest BCUT2D eigenvalue weighted by molar-refractivity contribution is 0.0697. The lowest BCUT2D eigenvalue weighted by Crippen LogP contribution is -2.25. The number of carboxylic acids is 1. The fraction of sp³-hybridized carbons (Fsp3) is 0.280. The predicted molar refractivity (Wildman–Crippen MR) is 117 cm³/mol. The number of aromatic carboxylic acids is 1. The van der Waals surface area contributed by atoms with Crippen LogP contribution >= 0.6 is 0 Å². The summed E-state index contributed by atoms with van der Waals surface area (Å²) in [6, 6.07) is 22.8. The summed E-state index contributed by atoms with van der Waals surface area (Å²) in [5.41, 5.74) is 2.28. The van der Waals surface area contributed by atoms with Crippen LogP contribution in [0, 0.1) is 11.3 Å². The zero-order valence-corrected chi connectivity index (χ0v) is 16.9. The lowest BCUT2D eigenvalue weighted by atomic mass is 9.95. The van der Waals surface area contributed by atoms with Crippen molar-refractivity contribution in [3.8, 4) is 11.3 Å². The number of pyridine rings is 1. The fourth-order valence-corrected chi connectivity index (χ4v) is 5.36. The van der Waals surface area contributed by atoms with Gasteiger partial charge in [0.25, 0.3) is 0 Å². The smallest absolute Gasteiger partial charge is 0.339 e. The first-order valence-electron chi connectivity index (χ1n) is 10.4. The van der Waals surface area contributed by atoms with Crippen molar-refractivity contribution < 1.29 is 20.1 Å². The van der Waals surface area contributed by atoms with Gasteiger partial charge in [0.1, 0.15) is 11.4 Å². The van der Waals surface area contributed by atoms with Gasteiger partial charge in [0.05, 0.1) is 11.8 Å². The second-order valence-corrected chi connectivity index (χ2v) is 8.42. The first-order valence-corrected chi connectivity index (χ1v) is 10.4. The molecule has 5 rings (SSSR count). The number of aromatic nitrogens is 1. The molecule has 2 aromatic carbocycles. The Bertz CT molecular complexity index is 1110. The second-order valence-electron chi connectivity index (χ2n) is 8.42. The van der Waals surface area contributed by atoms with Gasteiger partial charge in [0.2, 0.25) is 0 Å². The fourth-order valence-electron chi connectivity index (χ4n) is 5.36. The number of hydrogen-bond donors (Lipinski definition) is 3. The van der Waals surface area contributed by atoms with E-state index in [-0.39, 0.29) is 30.6 Å². The number of rotatable bonds is 5. The Labute approximate surface area is 180 Å². The van der Waals surface area contributed by atoms with Crippen molar-refractivity contribution in [2.75, 3.05) is 24.6 Å². The summed E-state index contributed by atoms with van der Waals surface area (Å²) in [5.74, 6) is -0.725. The van der Waals surface area contributed by atoms with E-state index in [4.69, 9.17) is 4.98 Å². The molecule has 158 valence electrons. The number of anilines is 1. The van der Waals surface area contributed by atoms with Crippen LogP contribution < -0.4 is 4.90 Å². The minimum Gasteiger partial charge on any atom is -0.478 e. The highest BCUT2D eigenvalue weighted by Crippen LogP contribution is 2.69. The van der Waals surface area contributed by atoms with Crippen LogP contribution in [0.3, 0.4) is 0 Å². The van der Waals surface area contributed by atoms with Gasteiger partial charge in [-0.1, -0.05) is 60.7 Å². The van der Waals surface area contributed by atoms with Gasteiger partial charge in [-0.3, -0.25) is 0 Å². The number of nitrogens with zero attached hydrogens (tertiary/aromatic N) is 2. The van der Waals surface area contributed by atoms with E-state index in [1.807, 2.05) is 65.6 Å². The van der Waals surface area contributed by atoms with E-state index in [1.165, 1.54) is 0 Å². The Hall–Kier alpha value is -3.22. The van der Waals surface area contributed by atoms with E-state index in [1.54, 1.807) is 12.1 Å². The molecule has 1 aliphatic heterocycles. The first-order chi connectivity index (χ1) is 15.1. The molecule has 3 N–H and O–H groups in total. The van der Waals surface area contributed by atoms with Crippen molar-refractivity contribution in [3.05, 3.63) is 83.9 Å². The first kappa shape index (κ1) is 19.7. The Balaban J connectivity index is 1.52. The average molecular weight is 416 g/mol. The summed E-state index contributed by atoms with van der Waals surface area (Å²) >= 11 is 0. The molecule has 1 saturated heterocycles. The van der Waals surface area contributed by atoms with E-state index in [0.717, 1.165) is 11.1 Å². The highest BCUT2D eigenvalue weighted by atomic mass is 16.4. The van der Waals surface area contributed by atoms with E-state index in [0.29, 0.717) is 18.1 Å². The van der Waals surface area contributed by atoms with Crippen molar-refractivity contribution in [3.63, 3.8) is 0 Å². The zero-order valence-electron chi connectivity index (χ0n) is 16.9. The van der Waals surface area contributed by atoms with E-state index >= 15 is 0 Å². The Morgan fingerprint density at radius 1 is 1.03 bits per heavy atom. The van der Waals surface area contributed by atoms with Gasteiger partial charge in [-0.05, 0) is 29.5 Å². The van der Waals surface area contributed by atoms with Crippen molar-refractivity contribution in [1.29, 1.82) is 0 Å². The summed E-state index contributed by atoms with van der Waals surface area (Å²) in [7, 11) is 0. The van der Waals surface area contributed by atoms with E-state index in [2.05, 4.69) is 0 Å². The molecule has 1 spiro atoms. The van der Waals surface area contributed by atoms with Crippen LogP contribution in [-0.2, 0) is 0 Å². The Morgan fingerprint density at radius 2 is 1.71 bits per heavy atom. The monoisotopic (exact) mass is 416 g/mol. The molecular formula is C25H24N2O4. The quantitative estimate of drug-likeness (QED) is 0.592. The van der Waals surface area contributed by atoms with Crippen molar-refractivity contribution in [2.24, 2.45) is 11.3 Å². The van der Waals surface area contributed by atoms with Gasteiger partial charge in [-0.2, -0.15) is 0 Å². The van der Waals surface area contributed by atoms with Crippen LogP contribution in [-0.4, -0.2) is 52.1 Å². The molecule has 1 saturated carbocycles. The predicted octanol–water partition coefficient (Wildman–Crippen LogP) is 3.02. The molecule has 6 nitrogen and oxygen atoms in total. The topological polar surface area (TPSA) is 93.9 Å². The number of benzene rings is 2. The molecular weight excluding hydrogens is 392 g/mol. The average Bonchev–Trinajstić information content (AvgIpc) is 3.34. The number of aliphatic hydroxyl groups is 2. The molecule has 6 heteroatoms. The maximum Gasteiger partial charge on any atom is 0.339 e. The summed E-state index contributed by atoms with van der Waals surface area (Å²) < 4.78 is 0. The Kier molecular flexibility index (Phi) is 4.76. The zero-order chi connectivity index (χ0) is 21.6. The summed E-state index contributed by atoms with van der Waals surface area (Å²) in [4.78, 5) is 18.5.